The van der Waals surface area contributed by atoms with Gasteiger partial charge in [-0.1, -0.05) is 11.6 Å². The summed E-state index contributed by atoms with van der Waals surface area (Å²) in [5, 5.41) is 12.4. The first kappa shape index (κ1) is 12.9. The third-order valence-corrected chi connectivity index (χ3v) is 3.30. The van der Waals surface area contributed by atoms with E-state index >= 15 is 0 Å². The number of aryl methyl sites for hydroxylation is 1. The van der Waals surface area contributed by atoms with Gasteiger partial charge in [-0.15, -0.1) is 0 Å². The minimum atomic E-state index is -0.884. The lowest BCUT2D eigenvalue weighted by Gasteiger charge is -2.12. The van der Waals surface area contributed by atoms with Crippen molar-refractivity contribution >= 4 is 11.7 Å². The first-order valence-electron chi connectivity index (χ1n) is 6.32. The van der Waals surface area contributed by atoms with Gasteiger partial charge in [0.05, 0.1) is 5.56 Å². The first-order valence-corrected chi connectivity index (χ1v) is 6.32. The average molecular weight is 249 g/mol. The molecule has 4 nitrogen and oxygen atoms in total. The van der Waals surface area contributed by atoms with Gasteiger partial charge < -0.3 is 15.2 Å². The number of nitrogens with one attached hydrogen (secondary N) is 1. The number of rotatable bonds is 5. The Morgan fingerprint density at radius 1 is 1.56 bits per heavy atom. The highest BCUT2D eigenvalue weighted by molar-refractivity contribution is 5.94. The van der Waals surface area contributed by atoms with Gasteiger partial charge in [-0.05, 0) is 37.8 Å². The molecule has 1 aliphatic rings. The fourth-order valence-corrected chi connectivity index (χ4v) is 2.21. The maximum Gasteiger partial charge on any atom is 0.337 e. The Labute approximate surface area is 107 Å². The van der Waals surface area contributed by atoms with Gasteiger partial charge >= 0.3 is 5.97 Å². The minimum absolute atomic E-state index is 0.345. The SMILES string of the molecule is Cc1ccc(NCCC2CCOC2)c(C(=O)O)c1. The molecule has 0 aliphatic carbocycles. The second-order valence-corrected chi connectivity index (χ2v) is 4.80. The lowest BCUT2D eigenvalue weighted by atomic mass is 10.0. The Kier molecular flexibility index (Phi) is 4.20. The molecule has 0 saturated carbocycles. The summed E-state index contributed by atoms with van der Waals surface area (Å²) in [7, 11) is 0. The average Bonchev–Trinajstić information content (AvgIpc) is 2.84. The van der Waals surface area contributed by atoms with E-state index in [1.54, 1.807) is 6.07 Å². The highest BCUT2D eigenvalue weighted by Crippen LogP contribution is 2.20. The van der Waals surface area contributed by atoms with Crippen molar-refractivity contribution < 1.29 is 14.6 Å². The Hall–Kier alpha value is -1.55. The summed E-state index contributed by atoms with van der Waals surface area (Å²) < 4.78 is 5.32. The van der Waals surface area contributed by atoms with Crippen molar-refractivity contribution in [2.45, 2.75) is 19.8 Å². The number of carboxylic acids is 1. The fraction of sp³-hybridized carbons (Fsp3) is 0.500. The van der Waals surface area contributed by atoms with E-state index < -0.39 is 5.97 Å². The van der Waals surface area contributed by atoms with Crippen LogP contribution in [-0.2, 0) is 4.74 Å². The van der Waals surface area contributed by atoms with Crippen molar-refractivity contribution in [3.8, 4) is 0 Å². The molecule has 1 atom stereocenters. The van der Waals surface area contributed by atoms with Crippen LogP contribution in [0.1, 0.15) is 28.8 Å². The predicted molar refractivity (Wildman–Crippen MR) is 70.2 cm³/mol. The molecule has 1 heterocycles. The number of hydrogen-bond donors (Lipinski definition) is 2. The van der Waals surface area contributed by atoms with Gasteiger partial charge in [-0.3, -0.25) is 0 Å². The maximum atomic E-state index is 11.1. The van der Waals surface area contributed by atoms with Crippen LogP contribution in [0.5, 0.6) is 0 Å². The zero-order chi connectivity index (χ0) is 13.0. The number of ether oxygens (including phenoxy) is 1. The van der Waals surface area contributed by atoms with E-state index in [1.165, 1.54) is 0 Å². The standard InChI is InChI=1S/C14H19NO3/c1-10-2-3-13(12(8-10)14(16)17)15-6-4-11-5-7-18-9-11/h2-3,8,11,15H,4-7,9H2,1H3,(H,16,17). The van der Waals surface area contributed by atoms with Crippen LogP contribution in [0.2, 0.25) is 0 Å². The van der Waals surface area contributed by atoms with Crippen LogP contribution in [0.3, 0.4) is 0 Å². The molecule has 1 aromatic rings. The van der Waals surface area contributed by atoms with Gasteiger partial charge in [-0.2, -0.15) is 0 Å². The fourth-order valence-electron chi connectivity index (χ4n) is 2.21. The summed E-state index contributed by atoms with van der Waals surface area (Å²) in [5.74, 6) is -0.276. The highest BCUT2D eigenvalue weighted by atomic mass is 16.5. The molecule has 1 saturated heterocycles. The quantitative estimate of drug-likeness (QED) is 0.842. The monoisotopic (exact) mass is 249 g/mol. The normalized spacial score (nSPS) is 18.8. The van der Waals surface area contributed by atoms with E-state index in [-0.39, 0.29) is 0 Å². The number of aromatic carboxylic acids is 1. The lowest BCUT2D eigenvalue weighted by molar-refractivity contribution is 0.0698. The molecule has 0 aromatic heterocycles. The van der Waals surface area contributed by atoms with Crippen LogP contribution in [0.4, 0.5) is 5.69 Å². The largest absolute Gasteiger partial charge is 0.478 e. The maximum absolute atomic E-state index is 11.1. The molecule has 1 fully saturated rings. The second kappa shape index (κ2) is 5.87. The first-order chi connectivity index (χ1) is 8.66. The van der Waals surface area contributed by atoms with Crippen LogP contribution in [0.25, 0.3) is 0 Å². The summed E-state index contributed by atoms with van der Waals surface area (Å²) in [5.41, 5.74) is 2.01. The summed E-state index contributed by atoms with van der Waals surface area (Å²) >= 11 is 0. The van der Waals surface area contributed by atoms with Crippen molar-refractivity contribution in [1.82, 2.24) is 0 Å². The zero-order valence-electron chi connectivity index (χ0n) is 10.6. The van der Waals surface area contributed by atoms with Gasteiger partial charge in [0.15, 0.2) is 0 Å². The molecule has 1 aliphatic heterocycles. The molecule has 2 rings (SSSR count). The van der Waals surface area contributed by atoms with Crippen molar-refractivity contribution in [2.75, 3.05) is 25.1 Å². The number of anilines is 1. The van der Waals surface area contributed by atoms with Crippen molar-refractivity contribution in [3.05, 3.63) is 29.3 Å². The minimum Gasteiger partial charge on any atom is -0.478 e. The molecule has 4 heteroatoms. The van der Waals surface area contributed by atoms with Crippen molar-refractivity contribution in [1.29, 1.82) is 0 Å². The highest BCUT2D eigenvalue weighted by Gasteiger charge is 2.15. The molecule has 2 N–H and O–H groups in total. The Morgan fingerprint density at radius 2 is 2.39 bits per heavy atom. The van der Waals surface area contributed by atoms with Crippen LogP contribution in [0.15, 0.2) is 18.2 Å². The molecular formula is C14H19NO3. The van der Waals surface area contributed by atoms with Crippen LogP contribution in [-0.4, -0.2) is 30.8 Å². The van der Waals surface area contributed by atoms with E-state index in [2.05, 4.69) is 5.32 Å². The summed E-state index contributed by atoms with van der Waals surface area (Å²) in [6, 6.07) is 5.46. The van der Waals surface area contributed by atoms with Crippen LogP contribution < -0.4 is 5.32 Å². The predicted octanol–water partition coefficient (Wildman–Crippen LogP) is 2.53. The van der Waals surface area contributed by atoms with E-state index in [0.717, 1.165) is 38.2 Å². The molecule has 98 valence electrons. The third-order valence-electron chi connectivity index (χ3n) is 3.30. The summed E-state index contributed by atoms with van der Waals surface area (Å²) in [6.07, 6.45) is 2.13. The topological polar surface area (TPSA) is 58.6 Å². The number of carboxylic acid groups (broad SMARTS) is 1. The zero-order valence-corrected chi connectivity index (χ0v) is 10.6. The van der Waals surface area contributed by atoms with E-state index in [1.807, 2.05) is 19.1 Å². The van der Waals surface area contributed by atoms with Gasteiger partial charge in [0.1, 0.15) is 0 Å². The van der Waals surface area contributed by atoms with Gasteiger partial charge in [-0.25, -0.2) is 4.79 Å². The molecule has 0 bridgehead atoms. The summed E-state index contributed by atoms with van der Waals surface area (Å²) in [6.45, 7) is 4.38. The molecule has 1 aromatic carbocycles. The Balaban J connectivity index is 1.93. The van der Waals surface area contributed by atoms with Gasteiger partial charge in [0, 0.05) is 25.4 Å². The van der Waals surface area contributed by atoms with E-state index in [9.17, 15) is 4.79 Å². The molecule has 0 radical (unpaired) electrons. The molecular weight excluding hydrogens is 230 g/mol. The van der Waals surface area contributed by atoms with Crippen LogP contribution in [0, 0.1) is 12.8 Å². The van der Waals surface area contributed by atoms with Crippen LogP contribution >= 0.6 is 0 Å². The Bertz CT molecular complexity index is 425. The van der Waals surface area contributed by atoms with E-state index in [0.29, 0.717) is 17.2 Å². The lowest BCUT2D eigenvalue weighted by Crippen LogP contribution is -2.11. The molecule has 0 spiro atoms. The number of benzene rings is 1. The summed E-state index contributed by atoms with van der Waals surface area (Å²) in [4.78, 5) is 11.1. The van der Waals surface area contributed by atoms with Gasteiger partial charge in [0.25, 0.3) is 0 Å². The number of carbonyl (C=O) groups is 1. The molecule has 1 unspecified atom stereocenters. The molecule has 0 amide bonds. The van der Waals surface area contributed by atoms with E-state index in [4.69, 9.17) is 9.84 Å². The molecule has 18 heavy (non-hydrogen) atoms. The van der Waals surface area contributed by atoms with Crippen molar-refractivity contribution in [2.24, 2.45) is 5.92 Å². The van der Waals surface area contributed by atoms with Gasteiger partial charge in [0.2, 0.25) is 0 Å². The number of hydrogen-bond acceptors (Lipinski definition) is 3. The Morgan fingerprint density at radius 3 is 3.06 bits per heavy atom. The second-order valence-electron chi connectivity index (χ2n) is 4.80. The third kappa shape index (κ3) is 3.23. The smallest absolute Gasteiger partial charge is 0.337 e. The van der Waals surface area contributed by atoms with Crippen molar-refractivity contribution in [3.63, 3.8) is 0 Å².